The van der Waals surface area contributed by atoms with Crippen LogP contribution in [0.15, 0.2) is 34.2 Å². The number of amides is 1. The summed E-state index contributed by atoms with van der Waals surface area (Å²) in [6.45, 7) is 4.45. The molecule has 0 aromatic carbocycles. The zero-order valence-electron chi connectivity index (χ0n) is 12.6. The van der Waals surface area contributed by atoms with Crippen LogP contribution in [0.25, 0.3) is 0 Å². The van der Waals surface area contributed by atoms with E-state index >= 15 is 0 Å². The third-order valence-electron chi connectivity index (χ3n) is 2.70. The first-order valence-corrected chi connectivity index (χ1v) is 8.94. The van der Waals surface area contributed by atoms with Crippen molar-refractivity contribution in [3.8, 4) is 5.75 Å². The molecule has 2 aromatic heterocycles. The zero-order chi connectivity index (χ0) is 15.8. The lowest BCUT2D eigenvalue weighted by Gasteiger charge is -2.14. The van der Waals surface area contributed by atoms with Gasteiger partial charge in [0.15, 0.2) is 0 Å². The van der Waals surface area contributed by atoms with E-state index in [-0.39, 0.29) is 12.0 Å². The number of nitrogens with one attached hydrogen (secondary N) is 1. The second-order valence-corrected chi connectivity index (χ2v) is 7.01. The molecular weight excluding hydrogens is 318 g/mol. The average molecular weight is 337 g/mol. The molecule has 1 unspecified atom stereocenters. The highest BCUT2D eigenvalue weighted by atomic mass is 32.2. The Balaban J connectivity index is 1.72. The number of aromatic nitrogens is 2. The van der Waals surface area contributed by atoms with Gasteiger partial charge in [0.25, 0.3) is 0 Å². The van der Waals surface area contributed by atoms with E-state index in [1.165, 1.54) is 0 Å². The predicted molar refractivity (Wildman–Crippen MR) is 89.6 cm³/mol. The minimum Gasteiger partial charge on any atom is -0.487 e. The highest BCUT2D eigenvalue weighted by Crippen LogP contribution is 2.22. The average Bonchev–Trinajstić information content (AvgIpc) is 2.94. The molecule has 0 aliphatic carbocycles. The maximum absolute atomic E-state index is 11.9. The van der Waals surface area contributed by atoms with E-state index in [1.807, 2.05) is 24.4 Å². The second-order valence-electron chi connectivity index (χ2n) is 4.64. The summed E-state index contributed by atoms with van der Waals surface area (Å²) >= 11 is 3.27. The van der Waals surface area contributed by atoms with Gasteiger partial charge < -0.3 is 10.1 Å². The van der Waals surface area contributed by atoms with Crippen LogP contribution in [0.5, 0.6) is 5.75 Å². The maximum Gasteiger partial charge on any atom is 0.226 e. The summed E-state index contributed by atoms with van der Waals surface area (Å²) in [6, 6.07) is 3.66. The van der Waals surface area contributed by atoms with Crippen molar-refractivity contribution in [3.63, 3.8) is 0 Å². The lowest BCUT2D eigenvalue weighted by atomic mass is 10.3. The number of thioether (sulfide) groups is 1. The minimum atomic E-state index is -0.116. The molecule has 22 heavy (non-hydrogen) atoms. The topological polar surface area (TPSA) is 64.1 Å². The van der Waals surface area contributed by atoms with Gasteiger partial charge in [0.1, 0.15) is 16.2 Å². The van der Waals surface area contributed by atoms with Gasteiger partial charge >= 0.3 is 0 Å². The zero-order valence-corrected chi connectivity index (χ0v) is 14.2. The summed E-state index contributed by atoms with van der Waals surface area (Å²) in [6.07, 6.45) is 3.54. The monoisotopic (exact) mass is 337 g/mol. The van der Waals surface area contributed by atoms with Crippen molar-refractivity contribution in [3.05, 3.63) is 35.6 Å². The summed E-state index contributed by atoms with van der Waals surface area (Å²) in [5.41, 5.74) is 0.819. The van der Waals surface area contributed by atoms with Gasteiger partial charge in [0.05, 0.1) is 24.9 Å². The van der Waals surface area contributed by atoms with Gasteiger partial charge in [-0.2, -0.15) is 0 Å². The Morgan fingerprint density at radius 3 is 3.14 bits per heavy atom. The molecule has 0 spiro atoms. The van der Waals surface area contributed by atoms with Crippen LogP contribution in [-0.2, 0) is 11.2 Å². The Morgan fingerprint density at radius 2 is 2.41 bits per heavy atom. The maximum atomic E-state index is 11.9. The smallest absolute Gasteiger partial charge is 0.226 e. The number of hydrogen-bond donors (Lipinski definition) is 1. The molecule has 2 aromatic rings. The summed E-state index contributed by atoms with van der Waals surface area (Å²) < 4.78 is 6.67. The molecule has 1 N–H and O–H groups in total. The molecule has 0 saturated heterocycles. The molecular formula is C15H19N3O2S2. The Morgan fingerprint density at radius 1 is 1.55 bits per heavy atom. The molecule has 0 aliphatic rings. The van der Waals surface area contributed by atoms with Gasteiger partial charge in [0.2, 0.25) is 5.91 Å². The molecule has 5 nitrogen and oxygen atoms in total. The standard InChI is InChI=1S/C15H19N3O2S2/c1-3-21-15-18-12(10-22-15)7-14(19)17-8-11(2)20-13-5-4-6-16-9-13/h4-6,9-11H,3,7-8H2,1-2H3,(H,17,19). The molecule has 0 saturated carbocycles. The Bertz CT molecular complexity index is 589. The SMILES string of the molecule is CCSc1nc(CC(=O)NCC(C)Oc2cccnc2)cs1. The summed E-state index contributed by atoms with van der Waals surface area (Å²) in [4.78, 5) is 20.3. The Kier molecular flexibility index (Phi) is 6.67. The summed E-state index contributed by atoms with van der Waals surface area (Å²) in [5, 5.41) is 4.80. The number of carbonyl (C=O) groups is 1. The first-order valence-electron chi connectivity index (χ1n) is 7.08. The molecule has 0 fully saturated rings. The van der Waals surface area contributed by atoms with Crippen molar-refractivity contribution >= 4 is 29.0 Å². The van der Waals surface area contributed by atoms with Crippen molar-refractivity contribution in [2.45, 2.75) is 30.7 Å². The van der Waals surface area contributed by atoms with Crippen LogP contribution in [0.1, 0.15) is 19.5 Å². The minimum absolute atomic E-state index is 0.0417. The van der Waals surface area contributed by atoms with Gasteiger partial charge in [-0.15, -0.1) is 11.3 Å². The van der Waals surface area contributed by atoms with E-state index in [1.54, 1.807) is 35.5 Å². The van der Waals surface area contributed by atoms with Crippen LogP contribution in [0, 0.1) is 0 Å². The van der Waals surface area contributed by atoms with Crippen LogP contribution < -0.4 is 10.1 Å². The van der Waals surface area contributed by atoms with Crippen molar-refractivity contribution in [1.82, 2.24) is 15.3 Å². The van der Waals surface area contributed by atoms with E-state index in [4.69, 9.17) is 4.74 Å². The molecule has 0 radical (unpaired) electrons. The number of pyridine rings is 1. The van der Waals surface area contributed by atoms with Crippen LogP contribution >= 0.6 is 23.1 Å². The number of nitrogens with zero attached hydrogens (tertiary/aromatic N) is 2. The molecule has 2 rings (SSSR count). The highest BCUT2D eigenvalue weighted by molar-refractivity contribution is 8.00. The van der Waals surface area contributed by atoms with E-state index < -0.39 is 0 Å². The van der Waals surface area contributed by atoms with Gasteiger partial charge in [-0.05, 0) is 24.8 Å². The van der Waals surface area contributed by atoms with Gasteiger partial charge in [-0.1, -0.05) is 18.7 Å². The molecule has 0 aliphatic heterocycles. The normalized spacial score (nSPS) is 11.9. The Hall–Kier alpha value is -1.60. The molecule has 1 amide bonds. The van der Waals surface area contributed by atoms with E-state index in [0.29, 0.717) is 18.7 Å². The van der Waals surface area contributed by atoms with E-state index in [0.717, 1.165) is 15.8 Å². The second kappa shape index (κ2) is 8.75. The number of ether oxygens (including phenoxy) is 1. The van der Waals surface area contributed by atoms with Crippen LogP contribution in [0.2, 0.25) is 0 Å². The molecule has 2 heterocycles. The predicted octanol–water partition coefficient (Wildman–Crippen LogP) is 2.78. The van der Waals surface area contributed by atoms with Gasteiger partial charge in [-0.3, -0.25) is 9.78 Å². The largest absolute Gasteiger partial charge is 0.487 e. The van der Waals surface area contributed by atoms with Crippen molar-refractivity contribution in [1.29, 1.82) is 0 Å². The molecule has 118 valence electrons. The molecule has 7 heteroatoms. The third-order valence-corrected chi connectivity index (χ3v) is 4.65. The van der Waals surface area contributed by atoms with E-state index in [2.05, 4.69) is 22.2 Å². The first-order chi connectivity index (χ1) is 10.7. The Labute approximate surface area is 138 Å². The number of thiazole rings is 1. The lowest BCUT2D eigenvalue weighted by molar-refractivity contribution is -0.120. The van der Waals surface area contributed by atoms with Gasteiger partial charge in [0, 0.05) is 11.6 Å². The van der Waals surface area contributed by atoms with Crippen LogP contribution in [-0.4, -0.2) is 34.3 Å². The lowest BCUT2D eigenvalue weighted by Crippen LogP contribution is -2.34. The first kappa shape index (κ1) is 16.8. The van der Waals surface area contributed by atoms with Crippen molar-refractivity contribution < 1.29 is 9.53 Å². The van der Waals surface area contributed by atoms with Crippen molar-refractivity contribution in [2.24, 2.45) is 0 Å². The summed E-state index contributed by atoms with van der Waals surface area (Å²) in [5.74, 6) is 1.65. The van der Waals surface area contributed by atoms with Gasteiger partial charge in [-0.25, -0.2) is 4.98 Å². The van der Waals surface area contributed by atoms with Crippen molar-refractivity contribution in [2.75, 3.05) is 12.3 Å². The summed E-state index contributed by atoms with van der Waals surface area (Å²) in [7, 11) is 0. The van der Waals surface area contributed by atoms with Crippen LogP contribution in [0.3, 0.4) is 0 Å². The fraction of sp³-hybridized carbons (Fsp3) is 0.400. The third kappa shape index (κ3) is 5.65. The number of carbonyl (C=O) groups excluding carboxylic acids is 1. The quantitative estimate of drug-likeness (QED) is 0.751. The molecule has 0 bridgehead atoms. The van der Waals surface area contributed by atoms with Crippen LogP contribution in [0.4, 0.5) is 0 Å². The number of hydrogen-bond acceptors (Lipinski definition) is 6. The highest BCUT2D eigenvalue weighted by Gasteiger charge is 2.10. The fourth-order valence-electron chi connectivity index (χ4n) is 1.73. The molecule has 1 atom stereocenters. The fourth-order valence-corrected chi connectivity index (χ4v) is 3.48. The van der Waals surface area contributed by atoms with E-state index in [9.17, 15) is 4.79 Å². The number of rotatable bonds is 8.